The second-order valence-corrected chi connectivity index (χ2v) is 9.97. The fraction of sp³-hybridized carbons (Fsp3) is 0.484. The molecule has 0 amide bonds. The maximum Gasteiger partial charge on any atom is 0.422 e. The molecule has 0 spiro atoms. The molecular formula is C31H36F4O4. The van der Waals surface area contributed by atoms with E-state index in [2.05, 4.69) is 6.92 Å². The predicted molar refractivity (Wildman–Crippen MR) is 142 cm³/mol. The third kappa shape index (κ3) is 8.92. The summed E-state index contributed by atoms with van der Waals surface area (Å²) in [6.07, 6.45) is 1.99. The molecule has 1 aliphatic rings. The zero-order chi connectivity index (χ0) is 27.7. The molecule has 1 heterocycles. The molecule has 0 saturated carbocycles. The molecule has 8 heteroatoms. The Bertz CT molecular complexity index is 1170. The summed E-state index contributed by atoms with van der Waals surface area (Å²) in [5.74, 6) is -0.127. The summed E-state index contributed by atoms with van der Waals surface area (Å²) in [7, 11) is 0. The largest absolute Gasteiger partial charge is 0.484 e. The average Bonchev–Trinajstić information content (AvgIpc) is 2.94. The molecule has 1 fully saturated rings. The molecule has 0 atom stereocenters. The lowest BCUT2D eigenvalue weighted by Gasteiger charge is -2.29. The Balaban J connectivity index is 1.28. The molecule has 0 radical (unpaired) electrons. The molecule has 0 aromatic heterocycles. The van der Waals surface area contributed by atoms with Gasteiger partial charge in [0, 0.05) is 17.6 Å². The van der Waals surface area contributed by atoms with Crippen LogP contribution in [0.4, 0.5) is 17.6 Å². The van der Waals surface area contributed by atoms with Crippen LogP contribution < -0.4 is 4.74 Å². The van der Waals surface area contributed by atoms with Gasteiger partial charge in [0.2, 0.25) is 0 Å². The Kier molecular flexibility index (Phi) is 10.6. The van der Waals surface area contributed by atoms with E-state index in [4.69, 9.17) is 18.9 Å². The number of hydrogen-bond acceptors (Lipinski definition) is 4. The van der Waals surface area contributed by atoms with Crippen molar-refractivity contribution < 1.29 is 36.5 Å². The van der Waals surface area contributed by atoms with Crippen LogP contribution in [-0.4, -0.2) is 38.7 Å². The SMILES string of the molecule is CCCCCCCOC1COC(c2ccc3c(F)c(CCc4ccc(OCC(F)(F)F)cc4)ccc3c2)OC1. The quantitative estimate of drug-likeness (QED) is 0.160. The Labute approximate surface area is 227 Å². The molecule has 3 aromatic carbocycles. The van der Waals surface area contributed by atoms with Crippen molar-refractivity contribution >= 4 is 10.8 Å². The third-order valence-electron chi connectivity index (χ3n) is 6.81. The molecule has 0 unspecified atom stereocenters. The van der Waals surface area contributed by atoms with Gasteiger partial charge in [0.05, 0.1) is 13.2 Å². The standard InChI is InChI=1S/C31H36F4O4/c1-2-3-4-5-6-17-36-27-19-37-30(38-20-27)25-13-16-28-24(18-25)12-11-23(29(28)32)10-7-22-8-14-26(15-9-22)39-21-31(33,34)35/h8-9,11-16,18,27,30H,2-7,10,17,19-21H2,1H3. The first-order chi connectivity index (χ1) is 18.8. The highest BCUT2D eigenvalue weighted by Gasteiger charge is 2.28. The topological polar surface area (TPSA) is 36.9 Å². The van der Waals surface area contributed by atoms with Crippen molar-refractivity contribution in [2.24, 2.45) is 0 Å². The summed E-state index contributed by atoms with van der Waals surface area (Å²) in [6.45, 7) is 2.50. The first-order valence-electron chi connectivity index (χ1n) is 13.7. The van der Waals surface area contributed by atoms with Gasteiger partial charge in [-0.3, -0.25) is 0 Å². The van der Waals surface area contributed by atoms with Gasteiger partial charge < -0.3 is 18.9 Å². The van der Waals surface area contributed by atoms with Crippen molar-refractivity contribution in [1.82, 2.24) is 0 Å². The third-order valence-corrected chi connectivity index (χ3v) is 6.81. The molecule has 1 aliphatic heterocycles. The molecule has 4 rings (SSSR count). The number of benzene rings is 3. The van der Waals surface area contributed by atoms with Crippen molar-refractivity contribution in [3.63, 3.8) is 0 Å². The van der Waals surface area contributed by atoms with E-state index >= 15 is 4.39 Å². The van der Waals surface area contributed by atoms with E-state index < -0.39 is 19.1 Å². The van der Waals surface area contributed by atoms with Crippen LogP contribution in [0.3, 0.4) is 0 Å². The van der Waals surface area contributed by atoms with E-state index in [9.17, 15) is 13.2 Å². The number of ether oxygens (including phenoxy) is 4. The average molecular weight is 549 g/mol. The monoisotopic (exact) mass is 548 g/mol. The number of aryl methyl sites for hydroxylation is 2. The molecule has 0 bridgehead atoms. The van der Waals surface area contributed by atoms with Crippen molar-refractivity contribution in [3.8, 4) is 5.75 Å². The van der Waals surface area contributed by atoms with Crippen LogP contribution >= 0.6 is 0 Å². The molecule has 0 N–H and O–H groups in total. The van der Waals surface area contributed by atoms with E-state index in [1.54, 1.807) is 24.3 Å². The lowest BCUT2D eigenvalue weighted by molar-refractivity contribution is -0.230. The molecular weight excluding hydrogens is 512 g/mol. The van der Waals surface area contributed by atoms with E-state index in [0.717, 1.165) is 22.9 Å². The fourth-order valence-electron chi connectivity index (χ4n) is 4.62. The molecule has 212 valence electrons. The van der Waals surface area contributed by atoms with E-state index in [1.165, 1.54) is 37.8 Å². The van der Waals surface area contributed by atoms with Crippen molar-refractivity contribution in [1.29, 1.82) is 0 Å². The van der Waals surface area contributed by atoms with Gasteiger partial charge in [0.25, 0.3) is 0 Å². The van der Waals surface area contributed by atoms with Gasteiger partial charge in [0.1, 0.15) is 17.7 Å². The van der Waals surface area contributed by atoms with Crippen LogP contribution in [0, 0.1) is 5.82 Å². The number of fused-ring (bicyclic) bond motifs is 1. The Morgan fingerprint density at radius 1 is 0.872 bits per heavy atom. The number of unbranched alkanes of at least 4 members (excludes halogenated alkanes) is 4. The number of halogens is 4. The van der Waals surface area contributed by atoms with Crippen LogP contribution in [0.15, 0.2) is 54.6 Å². The number of hydrogen-bond donors (Lipinski definition) is 0. The minimum atomic E-state index is -4.38. The van der Waals surface area contributed by atoms with Gasteiger partial charge in [-0.15, -0.1) is 0 Å². The second-order valence-electron chi connectivity index (χ2n) is 9.97. The minimum absolute atomic E-state index is 0.0727. The lowest BCUT2D eigenvalue weighted by atomic mass is 9.99. The molecule has 39 heavy (non-hydrogen) atoms. The predicted octanol–water partition coefficient (Wildman–Crippen LogP) is 8.11. The highest BCUT2D eigenvalue weighted by molar-refractivity contribution is 5.84. The van der Waals surface area contributed by atoms with Crippen LogP contribution in [0.2, 0.25) is 0 Å². The summed E-state index contributed by atoms with van der Waals surface area (Å²) >= 11 is 0. The van der Waals surface area contributed by atoms with Crippen molar-refractivity contribution in [2.75, 3.05) is 26.4 Å². The maximum atomic E-state index is 15.3. The first-order valence-corrected chi connectivity index (χ1v) is 13.7. The van der Waals surface area contributed by atoms with Crippen LogP contribution in [0.5, 0.6) is 5.75 Å². The summed E-state index contributed by atoms with van der Waals surface area (Å²) in [5, 5.41) is 1.28. The van der Waals surface area contributed by atoms with Gasteiger partial charge in [-0.25, -0.2) is 4.39 Å². The maximum absolute atomic E-state index is 15.3. The van der Waals surface area contributed by atoms with E-state index in [1.807, 2.05) is 18.2 Å². The Morgan fingerprint density at radius 2 is 1.62 bits per heavy atom. The zero-order valence-corrected chi connectivity index (χ0v) is 22.3. The zero-order valence-electron chi connectivity index (χ0n) is 22.3. The lowest BCUT2D eigenvalue weighted by Crippen LogP contribution is -2.33. The number of alkyl halides is 3. The summed E-state index contributed by atoms with van der Waals surface area (Å²) in [6, 6.07) is 15.5. The first kappa shape index (κ1) is 29.3. The summed E-state index contributed by atoms with van der Waals surface area (Å²) < 4.78 is 74.6. The number of rotatable bonds is 13. The molecule has 1 saturated heterocycles. The summed E-state index contributed by atoms with van der Waals surface area (Å²) in [5.41, 5.74) is 2.29. The van der Waals surface area contributed by atoms with E-state index in [0.29, 0.717) is 43.6 Å². The van der Waals surface area contributed by atoms with Gasteiger partial charge in [-0.1, -0.05) is 69.0 Å². The highest BCUT2D eigenvalue weighted by atomic mass is 19.4. The summed E-state index contributed by atoms with van der Waals surface area (Å²) in [4.78, 5) is 0. The molecule has 3 aromatic rings. The Hall–Kier alpha value is -2.68. The van der Waals surface area contributed by atoms with Crippen LogP contribution in [0.25, 0.3) is 10.8 Å². The van der Waals surface area contributed by atoms with Gasteiger partial charge >= 0.3 is 6.18 Å². The van der Waals surface area contributed by atoms with E-state index in [-0.39, 0.29) is 17.7 Å². The Morgan fingerprint density at radius 3 is 2.33 bits per heavy atom. The molecule has 4 nitrogen and oxygen atoms in total. The van der Waals surface area contributed by atoms with Gasteiger partial charge in [-0.2, -0.15) is 13.2 Å². The second kappa shape index (κ2) is 14.1. The van der Waals surface area contributed by atoms with Gasteiger partial charge in [-0.05, 0) is 54.0 Å². The van der Waals surface area contributed by atoms with Gasteiger partial charge in [0.15, 0.2) is 12.9 Å². The highest BCUT2D eigenvalue weighted by Crippen LogP contribution is 2.30. The van der Waals surface area contributed by atoms with Crippen LogP contribution in [0.1, 0.15) is 62.0 Å². The van der Waals surface area contributed by atoms with Crippen molar-refractivity contribution in [3.05, 3.63) is 77.1 Å². The smallest absolute Gasteiger partial charge is 0.422 e. The normalized spacial score (nSPS) is 18.0. The van der Waals surface area contributed by atoms with Crippen LogP contribution in [-0.2, 0) is 27.1 Å². The molecule has 0 aliphatic carbocycles. The fourth-order valence-corrected chi connectivity index (χ4v) is 4.62. The minimum Gasteiger partial charge on any atom is -0.484 e. The van der Waals surface area contributed by atoms with Crippen molar-refractivity contribution in [2.45, 2.75) is 70.4 Å².